The lowest BCUT2D eigenvalue weighted by Crippen LogP contribution is -2.58. The molecule has 18 heavy (non-hydrogen) atoms. The molecule has 1 aliphatic carbocycles. The molecular weight excluding hydrogens is 220 g/mol. The van der Waals surface area contributed by atoms with Crippen LogP contribution in [0.25, 0.3) is 0 Å². The van der Waals surface area contributed by atoms with Crippen molar-refractivity contribution in [2.45, 2.75) is 71.4 Å². The molecule has 2 fully saturated rings. The molecule has 3 atom stereocenters. The second-order valence-corrected chi connectivity index (χ2v) is 6.65. The predicted molar refractivity (Wildman–Crippen MR) is 78.9 cm³/mol. The van der Waals surface area contributed by atoms with Crippen LogP contribution < -0.4 is 5.32 Å². The zero-order chi connectivity index (χ0) is 13.0. The van der Waals surface area contributed by atoms with Crippen molar-refractivity contribution in [3.8, 4) is 0 Å². The molecule has 2 aliphatic rings. The summed E-state index contributed by atoms with van der Waals surface area (Å²) in [6.07, 6.45) is 8.33. The molecule has 0 aromatic carbocycles. The van der Waals surface area contributed by atoms with Crippen LogP contribution in [-0.2, 0) is 0 Å². The van der Waals surface area contributed by atoms with Crippen LogP contribution in [0.1, 0.15) is 59.3 Å². The van der Waals surface area contributed by atoms with E-state index in [2.05, 4.69) is 31.0 Å². The maximum Gasteiger partial charge on any atom is 0.0249 e. The normalized spacial score (nSPS) is 31.5. The molecule has 2 heteroatoms. The Morgan fingerprint density at radius 2 is 2.00 bits per heavy atom. The third-order valence-corrected chi connectivity index (χ3v) is 4.67. The Morgan fingerprint density at radius 3 is 2.61 bits per heavy atom. The first-order valence-electron chi connectivity index (χ1n) is 8.22. The van der Waals surface area contributed by atoms with E-state index in [0.29, 0.717) is 0 Å². The van der Waals surface area contributed by atoms with Gasteiger partial charge >= 0.3 is 0 Å². The minimum Gasteiger partial charge on any atom is -0.311 e. The molecular formula is C16H32N2. The van der Waals surface area contributed by atoms with Crippen molar-refractivity contribution in [2.75, 3.05) is 19.6 Å². The third-order valence-electron chi connectivity index (χ3n) is 4.67. The van der Waals surface area contributed by atoms with Crippen LogP contribution >= 0.6 is 0 Å². The van der Waals surface area contributed by atoms with Crippen molar-refractivity contribution >= 4 is 0 Å². The summed E-state index contributed by atoms with van der Waals surface area (Å²) in [5.74, 6) is 1.88. The van der Waals surface area contributed by atoms with Gasteiger partial charge in [-0.05, 0) is 37.5 Å². The fourth-order valence-corrected chi connectivity index (χ4v) is 3.58. The fraction of sp³-hybridized carbons (Fsp3) is 1.00. The number of hydrogen-bond donors (Lipinski definition) is 1. The maximum atomic E-state index is 3.79. The van der Waals surface area contributed by atoms with Crippen LogP contribution in [0.5, 0.6) is 0 Å². The van der Waals surface area contributed by atoms with Crippen LogP contribution in [0.3, 0.4) is 0 Å². The lowest BCUT2D eigenvalue weighted by molar-refractivity contribution is 0.0943. The summed E-state index contributed by atoms with van der Waals surface area (Å²) in [4.78, 5) is 2.83. The van der Waals surface area contributed by atoms with Gasteiger partial charge in [-0.1, -0.05) is 33.6 Å². The Balaban J connectivity index is 1.87. The molecule has 1 saturated carbocycles. The van der Waals surface area contributed by atoms with E-state index < -0.39 is 0 Å². The van der Waals surface area contributed by atoms with Crippen molar-refractivity contribution in [3.63, 3.8) is 0 Å². The van der Waals surface area contributed by atoms with Gasteiger partial charge in [0, 0.05) is 31.7 Å². The Hall–Kier alpha value is -0.0800. The summed E-state index contributed by atoms with van der Waals surface area (Å²) in [6, 6.07) is 1.59. The molecule has 0 aromatic heterocycles. The minimum absolute atomic E-state index is 0.749. The number of rotatable bonds is 7. The first kappa shape index (κ1) is 14.3. The minimum atomic E-state index is 0.749. The smallest absolute Gasteiger partial charge is 0.0249 e. The van der Waals surface area contributed by atoms with Crippen molar-refractivity contribution in [1.29, 1.82) is 0 Å². The van der Waals surface area contributed by atoms with E-state index in [0.717, 1.165) is 23.9 Å². The molecule has 1 saturated heterocycles. The van der Waals surface area contributed by atoms with Gasteiger partial charge in [-0.15, -0.1) is 0 Å². The highest BCUT2D eigenvalue weighted by Gasteiger charge is 2.38. The lowest BCUT2D eigenvalue weighted by Gasteiger charge is -2.42. The van der Waals surface area contributed by atoms with E-state index in [-0.39, 0.29) is 0 Å². The van der Waals surface area contributed by atoms with Crippen molar-refractivity contribution < 1.29 is 0 Å². The van der Waals surface area contributed by atoms with Gasteiger partial charge < -0.3 is 5.32 Å². The Labute approximate surface area is 114 Å². The summed E-state index contributed by atoms with van der Waals surface area (Å²) in [7, 11) is 0. The van der Waals surface area contributed by atoms with Crippen LogP contribution in [0.15, 0.2) is 0 Å². The fourth-order valence-electron chi connectivity index (χ4n) is 3.58. The molecule has 2 nitrogen and oxygen atoms in total. The molecule has 1 N–H and O–H groups in total. The molecule has 106 valence electrons. The molecule has 0 radical (unpaired) electrons. The molecule has 0 amide bonds. The third kappa shape index (κ3) is 3.96. The summed E-state index contributed by atoms with van der Waals surface area (Å²) in [5, 5.41) is 3.79. The molecule has 3 unspecified atom stereocenters. The van der Waals surface area contributed by atoms with E-state index in [4.69, 9.17) is 0 Å². The van der Waals surface area contributed by atoms with Crippen LogP contribution in [0.4, 0.5) is 0 Å². The number of hydrogen-bond acceptors (Lipinski definition) is 2. The highest BCUT2D eigenvalue weighted by atomic mass is 15.2. The molecule has 0 spiro atoms. The first-order chi connectivity index (χ1) is 8.74. The molecule has 2 rings (SSSR count). The summed E-state index contributed by atoms with van der Waals surface area (Å²) in [6.45, 7) is 10.9. The Bertz CT molecular complexity index is 235. The Morgan fingerprint density at radius 1 is 1.22 bits per heavy atom. The van der Waals surface area contributed by atoms with Gasteiger partial charge in [0.05, 0.1) is 0 Å². The van der Waals surface area contributed by atoms with Crippen LogP contribution in [-0.4, -0.2) is 36.6 Å². The van der Waals surface area contributed by atoms with Gasteiger partial charge in [-0.2, -0.15) is 0 Å². The molecule has 1 heterocycles. The van der Waals surface area contributed by atoms with Crippen molar-refractivity contribution in [1.82, 2.24) is 10.2 Å². The molecule has 0 aromatic rings. The summed E-state index contributed by atoms with van der Waals surface area (Å²) >= 11 is 0. The van der Waals surface area contributed by atoms with E-state index >= 15 is 0 Å². The average Bonchev–Trinajstić information content (AvgIpc) is 3.14. The number of nitrogens with one attached hydrogen (secondary N) is 1. The maximum absolute atomic E-state index is 3.79. The lowest BCUT2D eigenvalue weighted by atomic mass is 9.98. The van der Waals surface area contributed by atoms with Crippen molar-refractivity contribution in [2.24, 2.45) is 11.8 Å². The van der Waals surface area contributed by atoms with Gasteiger partial charge in [0.15, 0.2) is 0 Å². The predicted octanol–water partition coefficient (Wildman–Crippen LogP) is 3.28. The zero-order valence-corrected chi connectivity index (χ0v) is 12.6. The van der Waals surface area contributed by atoms with Gasteiger partial charge in [0.25, 0.3) is 0 Å². The molecule has 0 bridgehead atoms. The van der Waals surface area contributed by atoms with Crippen LogP contribution in [0.2, 0.25) is 0 Å². The quantitative estimate of drug-likeness (QED) is 0.748. The largest absolute Gasteiger partial charge is 0.311 e. The van der Waals surface area contributed by atoms with E-state index in [9.17, 15) is 0 Å². The average molecular weight is 252 g/mol. The van der Waals surface area contributed by atoms with Gasteiger partial charge in [-0.25, -0.2) is 0 Å². The van der Waals surface area contributed by atoms with Gasteiger partial charge in [0.1, 0.15) is 0 Å². The second-order valence-electron chi connectivity index (χ2n) is 6.65. The van der Waals surface area contributed by atoms with E-state index in [1.807, 2.05) is 0 Å². The highest BCUT2D eigenvalue weighted by molar-refractivity contribution is 4.95. The number of nitrogens with zero attached hydrogens (tertiary/aromatic N) is 1. The monoisotopic (exact) mass is 252 g/mol. The van der Waals surface area contributed by atoms with Crippen LogP contribution in [0, 0.1) is 11.8 Å². The second kappa shape index (κ2) is 6.91. The standard InChI is InChI=1S/C16H32N2/c1-4-6-13(3)11-18-12-15(7-5-2)17-10-16(18)14-8-9-14/h13-17H,4-12H2,1-3H3. The SMILES string of the molecule is CCCC(C)CN1CC(CCC)NCC1C1CC1. The molecule has 1 aliphatic heterocycles. The van der Waals surface area contributed by atoms with Gasteiger partial charge in [0.2, 0.25) is 0 Å². The zero-order valence-electron chi connectivity index (χ0n) is 12.6. The van der Waals surface area contributed by atoms with E-state index in [1.54, 1.807) is 0 Å². The summed E-state index contributed by atoms with van der Waals surface area (Å²) in [5.41, 5.74) is 0. The summed E-state index contributed by atoms with van der Waals surface area (Å²) < 4.78 is 0. The topological polar surface area (TPSA) is 15.3 Å². The van der Waals surface area contributed by atoms with Crippen molar-refractivity contribution in [3.05, 3.63) is 0 Å². The highest BCUT2D eigenvalue weighted by Crippen LogP contribution is 2.36. The first-order valence-corrected chi connectivity index (χ1v) is 8.22. The van der Waals surface area contributed by atoms with E-state index in [1.165, 1.54) is 58.2 Å². The number of piperazine rings is 1. The van der Waals surface area contributed by atoms with Gasteiger partial charge in [-0.3, -0.25) is 4.90 Å². The Kier molecular flexibility index (Phi) is 5.50.